The molecule has 1 unspecified atom stereocenters. The van der Waals surface area contributed by atoms with Gasteiger partial charge in [-0.2, -0.15) is 4.99 Å². The molecule has 0 saturated carbocycles. The Morgan fingerprint density at radius 3 is 2.34 bits per heavy atom. The third-order valence-electron chi connectivity index (χ3n) is 3.58. The number of ether oxygens (including phenoxy) is 2. The van der Waals surface area contributed by atoms with Crippen LogP contribution in [-0.2, 0) is 0 Å². The molecule has 0 bridgehead atoms. The molecule has 0 aromatic heterocycles. The lowest BCUT2D eigenvalue weighted by molar-refractivity contribution is -0.275. The number of hydrogen-bond acceptors (Lipinski definition) is 6. The summed E-state index contributed by atoms with van der Waals surface area (Å²) in [5.74, 6) is -1.67. The summed E-state index contributed by atoms with van der Waals surface area (Å²) in [7, 11) is 0. The largest absolute Gasteiger partial charge is 0.573 e. The van der Waals surface area contributed by atoms with Crippen LogP contribution in [0.3, 0.4) is 0 Å². The molecule has 0 saturated heterocycles. The summed E-state index contributed by atoms with van der Waals surface area (Å²) in [5, 5.41) is 2.36. The van der Waals surface area contributed by atoms with Gasteiger partial charge in [0, 0.05) is 12.1 Å². The van der Waals surface area contributed by atoms with Gasteiger partial charge in [0.2, 0.25) is 5.08 Å². The topological polar surface area (TPSA) is 46.5 Å². The normalized spacial score (nSPS) is 17.4. The van der Waals surface area contributed by atoms with E-state index in [-0.39, 0.29) is 17.8 Å². The summed E-state index contributed by atoms with van der Waals surface area (Å²) in [4.78, 5) is 10.1. The molecule has 3 rings (SSSR count). The predicted octanol–water partition coefficient (Wildman–Crippen LogP) is 5.07. The van der Waals surface area contributed by atoms with Crippen molar-refractivity contribution in [3.05, 3.63) is 54.3 Å². The molecule has 0 aliphatic carbocycles. The van der Waals surface area contributed by atoms with Crippen LogP contribution in [0.1, 0.15) is 13.8 Å². The Kier molecular flexibility index (Phi) is 6.18. The van der Waals surface area contributed by atoms with Gasteiger partial charge in [0.25, 0.3) is 0 Å². The van der Waals surface area contributed by atoms with Crippen molar-refractivity contribution < 1.29 is 31.9 Å². The van der Waals surface area contributed by atoms with Gasteiger partial charge < -0.3 is 14.3 Å². The van der Waals surface area contributed by atoms with E-state index in [4.69, 9.17) is 9.57 Å². The van der Waals surface area contributed by atoms with E-state index in [2.05, 4.69) is 25.7 Å². The van der Waals surface area contributed by atoms with E-state index in [0.29, 0.717) is 5.75 Å². The van der Waals surface area contributed by atoms with Gasteiger partial charge in [-0.15, -0.1) is 13.2 Å². The van der Waals surface area contributed by atoms with E-state index in [0.717, 1.165) is 18.2 Å². The Bertz CT molecular complexity index is 880. The van der Waals surface area contributed by atoms with Crippen LogP contribution in [0.25, 0.3) is 0 Å². The first-order valence-corrected chi connectivity index (χ1v) is 9.32. The first-order chi connectivity index (χ1) is 13.6. The highest BCUT2D eigenvalue weighted by Crippen LogP contribution is 2.31. The first kappa shape index (κ1) is 21.2. The quantitative estimate of drug-likeness (QED) is 0.341. The monoisotopic (exact) mass is 477 g/mol. The average Bonchev–Trinajstić information content (AvgIpc) is 2.92. The van der Waals surface area contributed by atoms with Crippen LogP contribution in [0, 0.1) is 5.82 Å². The number of amidine groups is 1. The highest BCUT2D eigenvalue weighted by Gasteiger charge is 2.38. The van der Waals surface area contributed by atoms with Crippen molar-refractivity contribution in [1.29, 1.82) is 0 Å². The molecule has 1 aliphatic rings. The van der Waals surface area contributed by atoms with Gasteiger partial charge in [0.05, 0.1) is 0 Å². The van der Waals surface area contributed by atoms with Crippen molar-refractivity contribution in [2.24, 2.45) is 4.99 Å². The number of hydrazine groups is 1. The summed E-state index contributed by atoms with van der Waals surface area (Å²) in [6.07, 6.45) is -4.99. The van der Waals surface area contributed by atoms with Crippen molar-refractivity contribution in [3.63, 3.8) is 0 Å². The maximum atomic E-state index is 13.9. The molecule has 0 fully saturated rings. The van der Waals surface area contributed by atoms with Crippen LogP contribution in [0.5, 0.6) is 17.2 Å². The van der Waals surface area contributed by atoms with Crippen LogP contribution < -0.4 is 14.3 Å². The lowest BCUT2D eigenvalue weighted by Gasteiger charge is -2.32. The number of para-hydroxylation sites is 1. The third-order valence-corrected chi connectivity index (χ3v) is 4.13. The standard InChI is InChI=1S/C18H16BrF4N3O3/c1-11(2)25-17(24-16(19)26(25)29-12-6-4-3-5-7-12)27-13-8-9-15(14(20)10-13)28-18(21,22)23/h3-11,16H,1-2H3. The number of aliphatic imine (C=N–C) groups is 1. The van der Waals surface area contributed by atoms with E-state index in [1.165, 1.54) is 5.17 Å². The van der Waals surface area contributed by atoms with Gasteiger partial charge in [-0.25, -0.2) is 9.40 Å². The van der Waals surface area contributed by atoms with Crippen LogP contribution in [0.2, 0.25) is 0 Å². The van der Waals surface area contributed by atoms with Crippen molar-refractivity contribution in [2.75, 3.05) is 0 Å². The van der Waals surface area contributed by atoms with E-state index in [1.54, 1.807) is 29.3 Å². The van der Waals surface area contributed by atoms with Crippen LogP contribution >= 0.6 is 15.9 Å². The van der Waals surface area contributed by atoms with Crippen molar-refractivity contribution in [3.8, 4) is 17.2 Å². The Balaban J connectivity index is 1.77. The molecule has 2 aromatic rings. The van der Waals surface area contributed by atoms with Crippen LogP contribution in [0.4, 0.5) is 17.6 Å². The summed E-state index contributed by atoms with van der Waals surface area (Å²) in [6.45, 7) is 3.71. The number of alkyl halides is 4. The maximum Gasteiger partial charge on any atom is 0.573 e. The minimum absolute atomic E-state index is 0.0531. The fraction of sp³-hybridized carbons (Fsp3) is 0.278. The molecule has 1 aliphatic heterocycles. The molecule has 2 aromatic carbocycles. The summed E-state index contributed by atoms with van der Waals surface area (Å²) in [5.41, 5.74) is 0. The smallest absolute Gasteiger partial charge is 0.425 e. The molecule has 11 heteroatoms. The summed E-state index contributed by atoms with van der Waals surface area (Å²) < 4.78 is 60.0. The molecule has 0 spiro atoms. The second-order valence-corrected chi connectivity index (χ2v) is 6.93. The summed E-state index contributed by atoms with van der Waals surface area (Å²) in [6, 6.07) is 11.6. The number of nitrogens with zero attached hydrogens (tertiary/aromatic N) is 3. The van der Waals surface area contributed by atoms with Crippen LogP contribution in [0.15, 0.2) is 53.5 Å². The van der Waals surface area contributed by atoms with E-state index in [1.807, 2.05) is 19.9 Å². The highest BCUT2D eigenvalue weighted by atomic mass is 79.9. The maximum absolute atomic E-state index is 13.9. The highest BCUT2D eigenvalue weighted by molar-refractivity contribution is 9.09. The van der Waals surface area contributed by atoms with Gasteiger partial charge in [-0.3, -0.25) is 0 Å². The summed E-state index contributed by atoms with van der Waals surface area (Å²) >= 11 is 3.36. The zero-order valence-corrected chi connectivity index (χ0v) is 16.8. The molecule has 1 heterocycles. The second kappa shape index (κ2) is 8.46. The Morgan fingerprint density at radius 1 is 1.07 bits per heavy atom. The van der Waals surface area contributed by atoms with Gasteiger partial charge in [0.15, 0.2) is 11.6 Å². The number of hydroxylamine groups is 1. The fourth-order valence-electron chi connectivity index (χ4n) is 2.44. The molecule has 0 N–H and O–H groups in total. The minimum Gasteiger partial charge on any atom is -0.425 e. The van der Waals surface area contributed by atoms with Gasteiger partial charge >= 0.3 is 12.4 Å². The first-order valence-electron chi connectivity index (χ1n) is 8.40. The van der Waals surface area contributed by atoms with Crippen molar-refractivity contribution in [1.82, 2.24) is 10.2 Å². The number of halogens is 5. The van der Waals surface area contributed by atoms with Gasteiger partial charge in [0.1, 0.15) is 11.5 Å². The Morgan fingerprint density at radius 2 is 1.76 bits per heavy atom. The molecule has 156 valence electrons. The average molecular weight is 478 g/mol. The zero-order valence-electron chi connectivity index (χ0n) is 15.2. The third kappa shape index (κ3) is 5.30. The molecule has 6 nitrogen and oxygen atoms in total. The van der Waals surface area contributed by atoms with Gasteiger partial charge in [-0.1, -0.05) is 18.2 Å². The number of benzene rings is 2. The van der Waals surface area contributed by atoms with E-state index < -0.39 is 23.0 Å². The van der Waals surface area contributed by atoms with Crippen LogP contribution in [-0.4, -0.2) is 33.7 Å². The van der Waals surface area contributed by atoms with Crippen molar-refractivity contribution in [2.45, 2.75) is 31.3 Å². The number of rotatable bonds is 5. The zero-order chi connectivity index (χ0) is 21.2. The lowest BCUT2D eigenvalue weighted by Crippen LogP contribution is -2.50. The lowest BCUT2D eigenvalue weighted by atomic mass is 10.3. The fourth-order valence-corrected chi connectivity index (χ4v) is 2.90. The SMILES string of the molecule is CC(C)N1C(Oc2ccc(OC(F)(F)F)c(F)c2)=NC(Br)N1Oc1ccccc1. The number of hydrogen-bond donors (Lipinski definition) is 0. The van der Waals surface area contributed by atoms with E-state index >= 15 is 0 Å². The Hall–Kier alpha value is -2.53. The molecule has 0 amide bonds. The molecule has 1 atom stereocenters. The molecule has 29 heavy (non-hydrogen) atoms. The van der Waals surface area contributed by atoms with Gasteiger partial charge in [-0.05, 0) is 59.2 Å². The molecule has 0 radical (unpaired) electrons. The predicted molar refractivity (Wildman–Crippen MR) is 99.7 cm³/mol. The van der Waals surface area contributed by atoms with E-state index in [9.17, 15) is 17.6 Å². The molecular weight excluding hydrogens is 462 g/mol. The Labute approximate surface area is 172 Å². The molecular formula is C18H16BrF4N3O3. The van der Waals surface area contributed by atoms with Crippen molar-refractivity contribution >= 4 is 22.0 Å². The second-order valence-electron chi connectivity index (χ2n) is 6.11. The minimum atomic E-state index is -4.99.